The molecule has 0 N–H and O–H groups in total. The molecule has 0 spiro atoms. The second kappa shape index (κ2) is 7.85. The zero-order valence-corrected chi connectivity index (χ0v) is 17.3. The first-order valence-electron chi connectivity index (χ1n) is 9.48. The van der Waals surface area contributed by atoms with Gasteiger partial charge in [0.2, 0.25) is 0 Å². The molecule has 0 atom stereocenters. The van der Waals surface area contributed by atoms with Crippen molar-refractivity contribution in [2.45, 2.75) is 18.4 Å². The molecule has 0 aromatic heterocycles. The van der Waals surface area contributed by atoms with Gasteiger partial charge in [-0.3, -0.25) is 4.31 Å². The van der Waals surface area contributed by atoms with Gasteiger partial charge < -0.3 is 4.74 Å². The van der Waals surface area contributed by atoms with E-state index in [0.717, 1.165) is 27.8 Å². The second-order valence-corrected chi connectivity index (χ2v) is 8.98. The summed E-state index contributed by atoms with van der Waals surface area (Å²) in [4.78, 5) is 0.304. The van der Waals surface area contributed by atoms with Crippen LogP contribution < -0.4 is 4.31 Å². The molecule has 5 heteroatoms. The third kappa shape index (κ3) is 3.71. The van der Waals surface area contributed by atoms with Crippen LogP contribution in [0.15, 0.2) is 83.8 Å². The summed E-state index contributed by atoms with van der Waals surface area (Å²) >= 11 is 0. The van der Waals surface area contributed by atoms with Gasteiger partial charge in [0.15, 0.2) is 0 Å². The summed E-state index contributed by atoms with van der Waals surface area (Å²) in [6.45, 7) is 2.81. The van der Waals surface area contributed by atoms with Gasteiger partial charge in [-0.15, -0.1) is 0 Å². The smallest absolute Gasteiger partial charge is 0.264 e. The standard InChI is InChI=1S/C24H23NO3S/c1-18-7-13-21(14-8-18)29(26,27)25-16-15-22(23-5-3-4-6-24(23)25)20-11-9-19(10-12-20)17-28-2/h3-15H,16-17H2,1-2H3. The van der Waals surface area contributed by atoms with E-state index in [2.05, 4.69) is 12.1 Å². The highest BCUT2D eigenvalue weighted by molar-refractivity contribution is 7.92. The highest BCUT2D eigenvalue weighted by Crippen LogP contribution is 2.38. The van der Waals surface area contributed by atoms with Crippen LogP contribution in [0.4, 0.5) is 5.69 Å². The monoisotopic (exact) mass is 405 g/mol. The molecule has 0 amide bonds. The third-order valence-corrected chi connectivity index (χ3v) is 6.90. The molecule has 3 aromatic carbocycles. The number of aryl methyl sites for hydroxylation is 1. The predicted molar refractivity (Wildman–Crippen MR) is 116 cm³/mol. The Morgan fingerprint density at radius 3 is 2.31 bits per heavy atom. The Morgan fingerprint density at radius 1 is 0.931 bits per heavy atom. The summed E-state index contributed by atoms with van der Waals surface area (Å²) in [5, 5.41) is 0. The molecule has 0 bridgehead atoms. The first-order chi connectivity index (χ1) is 14.0. The normalized spacial score (nSPS) is 13.7. The number of rotatable bonds is 5. The van der Waals surface area contributed by atoms with E-state index < -0.39 is 10.0 Å². The first kappa shape index (κ1) is 19.4. The largest absolute Gasteiger partial charge is 0.380 e. The number of fused-ring (bicyclic) bond motifs is 1. The molecule has 1 heterocycles. The molecule has 0 saturated heterocycles. The minimum atomic E-state index is -3.64. The van der Waals surface area contributed by atoms with Crippen molar-refractivity contribution < 1.29 is 13.2 Å². The molecule has 0 aliphatic carbocycles. The average Bonchev–Trinajstić information content (AvgIpc) is 2.74. The highest BCUT2D eigenvalue weighted by Gasteiger charge is 2.29. The Hall–Kier alpha value is -2.89. The first-order valence-corrected chi connectivity index (χ1v) is 10.9. The highest BCUT2D eigenvalue weighted by atomic mass is 32.2. The van der Waals surface area contributed by atoms with Crippen LogP contribution in [-0.2, 0) is 21.4 Å². The molecule has 0 radical (unpaired) electrons. The van der Waals surface area contributed by atoms with E-state index in [4.69, 9.17) is 4.74 Å². The maximum atomic E-state index is 13.3. The molecule has 0 saturated carbocycles. The van der Waals surface area contributed by atoms with E-state index in [1.54, 1.807) is 19.2 Å². The Kier molecular flexibility index (Phi) is 5.26. The molecule has 1 aliphatic heterocycles. The molecule has 0 unspecified atom stereocenters. The van der Waals surface area contributed by atoms with Crippen LogP contribution in [0.3, 0.4) is 0 Å². The number of nitrogens with zero attached hydrogens (tertiary/aromatic N) is 1. The topological polar surface area (TPSA) is 46.6 Å². The van der Waals surface area contributed by atoms with Gasteiger partial charge in [-0.2, -0.15) is 0 Å². The Morgan fingerprint density at radius 2 is 1.62 bits per heavy atom. The molecular weight excluding hydrogens is 382 g/mol. The lowest BCUT2D eigenvalue weighted by Crippen LogP contribution is -2.34. The fourth-order valence-corrected chi connectivity index (χ4v) is 5.01. The maximum absolute atomic E-state index is 13.3. The lowest BCUT2D eigenvalue weighted by molar-refractivity contribution is 0.185. The van der Waals surface area contributed by atoms with E-state index in [1.807, 2.05) is 61.5 Å². The Bertz CT molecular complexity index is 1150. The molecule has 148 valence electrons. The van der Waals surface area contributed by atoms with Crippen LogP contribution in [0, 0.1) is 6.92 Å². The number of hydrogen-bond donors (Lipinski definition) is 0. The summed E-state index contributed by atoms with van der Waals surface area (Å²) in [6, 6.07) is 22.8. The lowest BCUT2D eigenvalue weighted by atomic mass is 9.93. The number of ether oxygens (including phenoxy) is 1. The summed E-state index contributed by atoms with van der Waals surface area (Å²) in [7, 11) is -1.96. The van der Waals surface area contributed by atoms with Gasteiger partial charge in [0.25, 0.3) is 10.0 Å². The fourth-order valence-electron chi connectivity index (χ4n) is 3.59. The molecule has 29 heavy (non-hydrogen) atoms. The minimum absolute atomic E-state index is 0.294. The van der Waals surface area contributed by atoms with Crippen LogP contribution in [0.1, 0.15) is 22.3 Å². The number of methoxy groups -OCH3 is 1. The molecule has 4 nitrogen and oxygen atoms in total. The average molecular weight is 406 g/mol. The van der Waals surface area contributed by atoms with Gasteiger partial charge in [-0.1, -0.05) is 66.2 Å². The van der Waals surface area contributed by atoms with Crippen molar-refractivity contribution in [3.63, 3.8) is 0 Å². The number of anilines is 1. The van der Waals surface area contributed by atoms with Crippen molar-refractivity contribution in [1.29, 1.82) is 0 Å². The quantitative estimate of drug-likeness (QED) is 0.614. The zero-order valence-electron chi connectivity index (χ0n) is 16.5. The second-order valence-electron chi connectivity index (χ2n) is 7.11. The Labute approximate surface area is 172 Å². The van der Waals surface area contributed by atoms with E-state index >= 15 is 0 Å². The van der Waals surface area contributed by atoms with Crippen LogP contribution in [0.25, 0.3) is 5.57 Å². The molecule has 4 rings (SSSR count). The van der Waals surface area contributed by atoms with Crippen molar-refractivity contribution in [2.24, 2.45) is 0 Å². The number of benzene rings is 3. The van der Waals surface area contributed by atoms with Crippen LogP contribution in [0.5, 0.6) is 0 Å². The van der Waals surface area contributed by atoms with Gasteiger partial charge in [-0.25, -0.2) is 8.42 Å². The Balaban J connectivity index is 1.74. The van der Waals surface area contributed by atoms with Crippen molar-refractivity contribution in [3.05, 3.63) is 101 Å². The molecular formula is C24H23NO3S. The van der Waals surface area contributed by atoms with Gasteiger partial charge in [0, 0.05) is 12.7 Å². The van der Waals surface area contributed by atoms with Crippen LogP contribution in [-0.4, -0.2) is 22.1 Å². The van der Waals surface area contributed by atoms with E-state index in [-0.39, 0.29) is 0 Å². The van der Waals surface area contributed by atoms with Crippen molar-refractivity contribution in [3.8, 4) is 0 Å². The predicted octanol–water partition coefficient (Wildman–Crippen LogP) is 4.78. The molecule has 3 aromatic rings. The van der Waals surface area contributed by atoms with Gasteiger partial charge >= 0.3 is 0 Å². The maximum Gasteiger partial charge on any atom is 0.264 e. The fraction of sp³-hybridized carbons (Fsp3) is 0.167. The van der Waals surface area contributed by atoms with Crippen LogP contribution in [0.2, 0.25) is 0 Å². The minimum Gasteiger partial charge on any atom is -0.380 e. The lowest BCUT2D eigenvalue weighted by Gasteiger charge is -2.30. The summed E-state index contributed by atoms with van der Waals surface area (Å²) in [6.07, 6.45) is 1.99. The zero-order chi connectivity index (χ0) is 20.4. The third-order valence-electron chi connectivity index (χ3n) is 5.11. The summed E-state index contributed by atoms with van der Waals surface area (Å²) in [5.74, 6) is 0. The summed E-state index contributed by atoms with van der Waals surface area (Å²) in [5.41, 5.74) is 5.84. The number of hydrogen-bond acceptors (Lipinski definition) is 3. The van der Waals surface area contributed by atoms with E-state index in [1.165, 1.54) is 4.31 Å². The molecule has 1 aliphatic rings. The van der Waals surface area contributed by atoms with Gasteiger partial charge in [0.05, 0.1) is 23.7 Å². The van der Waals surface area contributed by atoms with Crippen LogP contribution >= 0.6 is 0 Å². The summed E-state index contributed by atoms with van der Waals surface area (Å²) < 4.78 is 33.3. The number of para-hydroxylation sites is 1. The van der Waals surface area contributed by atoms with Crippen molar-refractivity contribution in [1.82, 2.24) is 0 Å². The van der Waals surface area contributed by atoms with Gasteiger partial charge in [-0.05, 0) is 41.8 Å². The van der Waals surface area contributed by atoms with Crippen molar-refractivity contribution >= 4 is 21.3 Å². The molecule has 0 fully saturated rings. The van der Waals surface area contributed by atoms with Gasteiger partial charge in [0.1, 0.15) is 0 Å². The van der Waals surface area contributed by atoms with E-state index in [9.17, 15) is 8.42 Å². The SMILES string of the molecule is COCc1ccc(C2=CCN(S(=O)(=O)c3ccc(C)cc3)c3ccccc32)cc1. The number of sulfonamides is 1. The van der Waals surface area contributed by atoms with Crippen molar-refractivity contribution in [2.75, 3.05) is 18.0 Å². The van der Waals surface area contributed by atoms with E-state index in [0.29, 0.717) is 23.7 Å².